The molecule has 0 aliphatic heterocycles. The monoisotopic (exact) mass is 199 g/mol. The second-order valence-electron chi connectivity index (χ2n) is 2.55. The van der Waals surface area contributed by atoms with Crippen LogP contribution >= 0.6 is 12.4 Å². The Morgan fingerprint density at radius 1 is 1.54 bits per heavy atom. The van der Waals surface area contributed by atoms with Crippen molar-refractivity contribution < 1.29 is 0 Å². The fourth-order valence-corrected chi connectivity index (χ4v) is 1.11. The Balaban J connectivity index is 0.000000845. The molecule has 0 amide bonds. The molecule has 13 heavy (non-hydrogen) atoms. The topological polar surface area (TPSA) is 72.5 Å². The molecule has 2 aromatic heterocycles. The molecule has 0 radical (unpaired) electrons. The molecular weight excluding hydrogens is 190 g/mol. The van der Waals surface area contributed by atoms with Crippen molar-refractivity contribution in [1.82, 2.24) is 20.0 Å². The number of nitrogen functional groups attached to an aromatic ring is 1. The molecule has 2 heterocycles. The van der Waals surface area contributed by atoms with Crippen LogP contribution in [0.2, 0.25) is 0 Å². The van der Waals surface area contributed by atoms with E-state index in [2.05, 4.69) is 15.3 Å². The van der Waals surface area contributed by atoms with Crippen LogP contribution in [0.5, 0.6) is 0 Å². The van der Waals surface area contributed by atoms with Gasteiger partial charge in [0.05, 0.1) is 11.4 Å². The van der Waals surface area contributed by atoms with Crippen LogP contribution in [-0.2, 0) is 7.05 Å². The maximum atomic E-state index is 5.46. The summed E-state index contributed by atoms with van der Waals surface area (Å²) < 4.78 is 1.76. The maximum Gasteiger partial charge on any atom is 0.145 e. The zero-order valence-corrected chi connectivity index (χ0v) is 7.88. The molecule has 0 aliphatic rings. The van der Waals surface area contributed by atoms with Crippen LogP contribution in [0, 0.1) is 0 Å². The van der Waals surface area contributed by atoms with E-state index in [-0.39, 0.29) is 12.4 Å². The minimum atomic E-state index is 0. The van der Waals surface area contributed by atoms with E-state index in [0.717, 1.165) is 11.4 Å². The number of hydrogen-bond acceptors (Lipinski definition) is 3. The van der Waals surface area contributed by atoms with Gasteiger partial charge in [0.1, 0.15) is 5.82 Å². The first kappa shape index (κ1) is 9.60. The SMILES string of the molecule is Cl.Cn1nccc1-c1cc(N)n[nH]1. The number of H-pyrrole nitrogens is 1. The summed E-state index contributed by atoms with van der Waals surface area (Å²) in [7, 11) is 1.87. The fourth-order valence-electron chi connectivity index (χ4n) is 1.11. The van der Waals surface area contributed by atoms with Crippen molar-refractivity contribution in [3.05, 3.63) is 18.3 Å². The van der Waals surface area contributed by atoms with E-state index in [0.29, 0.717) is 5.82 Å². The van der Waals surface area contributed by atoms with Gasteiger partial charge < -0.3 is 5.73 Å². The molecule has 0 unspecified atom stereocenters. The summed E-state index contributed by atoms with van der Waals surface area (Å²) in [6.45, 7) is 0. The van der Waals surface area contributed by atoms with E-state index in [1.54, 1.807) is 16.9 Å². The number of aromatic nitrogens is 4. The van der Waals surface area contributed by atoms with Gasteiger partial charge in [0, 0.05) is 19.3 Å². The summed E-state index contributed by atoms with van der Waals surface area (Å²) in [4.78, 5) is 0. The Labute approximate surface area is 81.4 Å². The molecule has 3 N–H and O–H groups in total. The third kappa shape index (κ3) is 1.65. The number of aromatic amines is 1. The number of hydrogen-bond donors (Lipinski definition) is 2. The zero-order valence-electron chi connectivity index (χ0n) is 7.06. The first-order valence-corrected chi connectivity index (χ1v) is 3.56. The lowest BCUT2D eigenvalue weighted by atomic mass is 10.3. The number of nitrogens with one attached hydrogen (secondary N) is 1. The van der Waals surface area contributed by atoms with Gasteiger partial charge in [-0.2, -0.15) is 10.2 Å². The molecule has 0 aromatic carbocycles. The van der Waals surface area contributed by atoms with Crippen molar-refractivity contribution in [2.75, 3.05) is 5.73 Å². The van der Waals surface area contributed by atoms with Crippen molar-refractivity contribution in [2.45, 2.75) is 0 Å². The van der Waals surface area contributed by atoms with Crippen LogP contribution in [0.1, 0.15) is 0 Å². The Morgan fingerprint density at radius 3 is 2.77 bits per heavy atom. The molecule has 0 saturated heterocycles. The molecule has 2 rings (SSSR count). The lowest BCUT2D eigenvalue weighted by Crippen LogP contribution is -1.92. The first-order valence-electron chi connectivity index (χ1n) is 3.56. The lowest BCUT2D eigenvalue weighted by Gasteiger charge is -1.95. The molecule has 0 spiro atoms. The summed E-state index contributed by atoms with van der Waals surface area (Å²) in [5.74, 6) is 0.492. The number of rotatable bonds is 1. The van der Waals surface area contributed by atoms with Crippen LogP contribution in [0.3, 0.4) is 0 Å². The molecule has 0 aliphatic carbocycles. The highest BCUT2D eigenvalue weighted by Crippen LogP contribution is 2.16. The Morgan fingerprint density at radius 2 is 2.31 bits per heavy atom. The number of nitrogens with zero attached hydrogens (tertiary/aromatic N) is 3. The van der Waals surface area contributed by atoms with Crippen LogP contribution in [0.15, 0.2) is 18.3 Å². The summed E-state index contributed by atoms with van der Waals surface area (Å²) in [5, 5.41) is 10.7. The predicted molar refractivity (Wildman–Crippen MR) is 52.5 cm³/mol. The minimum Gasteiger partial charge on any atom is -0.382 e. The normalized spacial score (nSPS) is 9.62. The van der Waals surface area contributed by atoms with Crippen LogP contribution < -0.4 is 5.73 Å². The van der Waals surface area contributed by atoms with E-state index in [1.165, 1.54) is 0 Å². The van der Waals surface area contributed by atoms with Gasteiger partial charge >= 0.3 is 0 Å². The van der Waals surface area contributed by atoms with Crippen molar-refractivity contribution in [3.8, 4) is 11.4 Å². The van der Waals surface area contributed by atoms with Gasteiger partial charge in [-0.15, -0.1) is 12.4 Å². The Bertz CT molecular complexity index is 391. The molecule has 0 atom stereocenters. The minimum absolute atomic E-state index is 0. The summed E-state index contributed by atoms with van der Waals surface area (Å²) in [5.41, 5.74) is 7.32. The Hall–Kier alpha value is -1.49. The zero-order chi connectivity index (χ0) is 8.55. The average molecular weight is 200 g/mol. The van der Waals surface area contributed by atoms with Gasteiger partial charge in [0.15, 0.2) is 0 Å². The van der Waals surface area contributed by atoms with Crippen molar-refractivity contribution >= 4 is 18.2 Å². The van der Waals surface area contributed by atoms with Gasteiger partial charge in [-0.05, 0) is 6.07 Å². The highest BCUT2D eigenvalue weighted by Gasteiger charge is 2.04. The summed E-state index contributed by atoms with van der Waals surface area (Å²) in [6, 6.07) is 3.67. The lowest BCUT2D eigenvalue weighted by molar-refractivity contribution is 0.772. The second kappa shape index (κ2) is 3.49. The fraction of sp³-hybridized carbons (Fsp3) is 0.143. The standard InChI is InChI=1S/C7H9N5.ClH/c1-12-6(2-3-9-12)5-4-7(8)11-10-5;/h2-4H,1H3,(H3,8,10,11);1H. The maximum absolute atomic E-state index is 5.46. The van der Waals surface area contributed by atoms with Crippen molar-refractivity contribution in [3.63, 3.8) is 0 Å². The predicted octanol–water partition coefficient (Wildman–Crippen LogP) is 0.814. The van der Waals surface area contributed by atoms with Gasteiger partial charge in [0.25, 0.3) is 0 Å². The van der Waals surface area contributed by atoms with Crippen LogP contribution in [0.4, 0.5) is 5.82 Å². The highest BCUT2D eigenvalue weighted by molar-refractivity contribution is 5.85. The molecule has 5 nitrogen and oxygen atoms in total. The molecule has 0 fully saturated rings. The quantitative estimate of drug-likeness (QED) is 0.714. The third-order valence-corrected chi connectivity index (χ3v) is 1.69. The van der Waals surface area contributed by atoms with Gasteiger partial charge in [-0.25, -0.2) is 0 Å². The van der Waals surface area contributed by atoms with Gasteiger partial charge in [-0.3, -0.25) is 9.78 Å². The van der Waals surface area contributed by atoms with E-state index < -0.39 is 0 Å². The number of nitrogens with two attached hydrogens (primary N) is 1. The molecular formula is C7H10ClN5. The highest BCUT2D eigenvalue weighted by atomic mass is 35.5. The average Bonchev–Trinajstić information content (AvgIpc) is 2.58. The molecule has 0 bridgehead atoms. The van der Waals surface area contributed by atoms with Gasteiger partial charge in [-0.1, -0.05) is 0 Å². The van der Waals surface area contributed by atoms with Crippen molar-refractivity contribution in [1.29, 1.82) is 0 Å². The molecule has 70 valence electrons. The smallest absolute Gasteiger partial charge is 0.145 e. The molecule has 0 saturated carbocycles. The summed E-state index contributed by atoms with van der Waals surface area (Å²) >= 11 is 0. The number of halogens is 1. The van der Waals surface area contributed by atoms with Crippen molar-refractivity contribution in [2.24, 2.45) is 7.05 Å². The molecule has 2 aromatic rings. The van der Waals surface area contributed by atoms with Gasteiger partial charge in [0.2, 0.25) is 0 Å². The van der Waals surface area contributed by atoms with E-state index in [9.17, 15) is 0 Å². The second-order valence-corrected chi connectivity index (χ2v) is 2.55. The third-order valence-electron chi connectivity index (χ3n) is 1.69. The van der Waals surface area contributed by atoms with E-state index >= 15 is 0 Å². The number of anilines is 1. The number of aryl methyl sites for hydroxylation is 1. The first-order chi connectivity index (χ1) is 5.77. The largest absolute Gasteiger partial charge is 0.382 e. The summed E-state index contributed by atoms with van der Waals surface area (Å²) in [6.07, 6.45) is 1.73. The molecule has 6 heteroatoms. The van der Waals surface area contributed by atoms with E-state index in [1.807, 2.05) is 13.1 Å². The van der Waals surface area contributed by atoms with Crippen LogP contribution in [-0.4, -0.2) is 20.0 Å². The van der Waals surface area contributed by atoms with Crippen LogP contribution in [0.25, 0.3) is 11.4 Å². The Kier molecular flexibility index (Phi) is 2.57. The van der Waals surface area contributed by atoms with E-state index in [4.69, 9.17) is 5.73 Å².